The summed E-state index contributed by atoms with van der Waals surface area (Å²) in [6.07, 6.45) is 8.79. The molecular formula is C11H20O2. The van der Waals surface area contributed by atoms with Gasteiger partial charge in [0.1, 0.15) is 0 Å². The van der Waals surface area contributed by atoms with E-state index in [0.29, 0.717) is 6.10 Å². The molecule has 13 heavy (non-hydrogen) atoms. The quantitative estimate of drug-likeness (QED) is 0.624. The summed E-state index contributed by atoms with van der Waals surface area (Å²) >= 11 is 0. The third-order valence-corrected chi connectivity index (χ3v) is 3.24. The van der Waals surface area contributed by atoms with Crippen LogP contribution in [0.4, 0.5) is 0 Å². The van der Waals surface area contributed by atoms with E-state index in [4.69, 9.17) is 9.47 Å². The smallest absolute Gasteiger partial charge is 0.168 e. The van der Waals surface area contributed by atoms with Gasteiger partial charge in [-0.15, -0.1) is 0 Å². The summed E-state index contributed by atoms with van der Waals surface area (Å²) in [7, 11) is 0. The maximum absolute atomic E-state index is 6.04. The minimum absolute atomic E-state index is 0.169. The highest BCUT2D eigenvalue weighted by molar-refractivity contribution is 4.80. The van der Waals surface area contributed by atoms with Gasteiger partial charge in [-0.05, 0) is 32.1 Å². The standard InChI is InChI=1S/C11H20O2/c1-2-10-6-5-8-11(13-10)7-3-4-9-12-11/h10H,2-9H2,1H3/t10-,11+/m1/s1. The Balaban J connectivity index is 1.95. The topological polar surface area (TPSA) is 18.5 Å². The van der Waals surface area contributed by atoms with Crippen LogP contribution >= 0.6 is 0 Å². The van der Waals surface area contributed by atoms with Gasteiger partial charge in [0.15, 0.2) is 5.79 Å². The van der Waals surface area contributed by atoms with Crippen LogP contribution in [0, 0.1) is 0 Å². The van der Waals surface area contributed by atoms with Gasteiger partial charge in [0.2, 0.25) is 0 Å². The first kappa shape index (κ1) is 9.47. The molecular weight excluding hydrogens is 164 g/mol. The monoisotopic (exact) mass is 184 g/mol. The lowest BCUT2D eigenvalue weighted by atomic mass is 9.94. The van der Waals surface area contributed by atoms with E-state index in [0.717, 1.165) is 25.9 Å². The number of ether oxygens (including phenoxy) is 2. The molecule has 1 spiro atoms. The van der Waals surface area contributed by atoms with E-state index in [1.807, 2.05) is 0 Å². The molecule has 2 atom stereocenters. The van der Waals surface area contributed by atoms with Crippen LogP contribution in [-0.2, 0) is 9.47 Å². The predicted molar refractivity (Wildman–Crippen MR) is 51.5 cm³/mol. The van der Waals surface area contributed by atoms with Gasteiger partial charge in [-0.1, -0.05) is 6.92 Å². The third kappa shape index (κ3) is 2.05. The average Bonchev–Trinajstić information content (AvgIpc) is 2.19. The molecule has 0 aromatic carbocycles. The summed E-state index contributed by atoms with van der Waals surface area (Å²) in [6, 6.07) is 0. The Morgan fingerprint density at radius 3 is 2.77 bits per heavy atom. The summed E-state index contributed by atoms with van der Waals surface area (Å²) in [4.78, 5) is 0. The molecule has 2 aliphatic rings. The summed E-state index contributed by atoms with van der Waals surface area (Å²) in [6.45, 7) is 3.10. The zero-order valence-corrected chi connectivity index (χ0v) is 8.55. The molecule has 2 rings (SSSR count). The maximum atomic E-state index is 6.04. The lowest BCUT2D eigenvalue weighted by Gasteiger charge is -2.43. The first-order valence-corrected chi connectivity index (χ1v) is 5.66. The van der Waals surface area contributed by atoms with Crippen molar-refractivity contribution in [3.8, 4) is 0 Å². The van der Waals surface area contributed by atoms with Crippen molar-refractivity contribution in [1.29, 1.82) is 0 Å². The van der Waals surface area contributed by atoms with Crippen LogP contribution in [0.15, 0.2) is 0 Å². The number of hydrogen-bond donors (Lipinski definition) is 0. The van der Waals surface area contributed by atoms with Crippen molar-refractivity contribution in [3.05, 3.63) is 0 Å². The Bertz CT molecular complexity index is 156. The Kier molecular flexibility index (Phi) is 2.89. The van der Waals surface area contributed by atoms with E-state index in [9.17, 15) is 0 Å². The molecule has 76 valence electrons. The van der Waals surface area contributed by atoms with E-state index >= 15 is 0 Å². The third-order valence-electron chi connectivity index (χ3n) is 3.24. The SMILES string of the molecule is CC[C@@H]1CCC[C@]2(CCCCO2)O1. The van der Waals surface area contributed by atoms with Crippen molar-refractivity contribution in [2.45, 2.75) is 63.8 Å². The zero-order chi connectivity index (χ0) is 9.15. The normalized spacial score (nSPS) is 40.8. The molecule has 2 heterocycles. The lowest BCUT2D eigenvalue weighted by Crippen LogP contribution is -2.45. The van der Waals surface area contributed by atoms with Gasteiger partial charge in [0.05, 0.1) is 12.7 Å². The molecule has 0 radical (unpaired) electrons. The first-order chi connectivity index (χ1) is 6.35. The van der Waals surface area contributed by atoms with Crippen LogP contribution in [-0.4, -0.2) is 18.5 Å². The first-order valence-electron chi connectivity index (χ1n) is 5.66. The highest BCUT2D eigenvalue weighted by Crippen LogP contribution is 2.37. The Hall–Kier alpha value is -0.0800. The lowest BCUT2D eigenvalue weighted by molar-refractivity contribution is -0.295. The molecule has 0 unspecified atom stereocenters. The highest BCUT2D eigenvalue weighted by atomic mass is 16.7. The van der Waals surface area contributed by atoms with E-state index in [2.05, 4.69) is 6.92 Å². The fourth-order valence-corrected chi connectivity index (χ4v) is 2.42. The molecule has 2 fully saturated rings. The van der Waals surface area contributed by atoms with Crippen LogP contribution in [0.3, 0.4) is 0 Å². The van der Waals surface area contributed by atoms with Gasteiger partial charge in [-0.2, -0.15) is 0 Å². The largest absolute Gasteiger partial charge is 0.350 e. The van der Waals surface area contributed by atoms with Crippen molar-refractivity contribution in [1.82, 2.24) is 0 Å². The van der Waals surface area contributed by atoms with Gasteiger partial charge in [-0.3, -0.25) is 0 Å². The Morgan fingerprint density at radius 2 is 2.08 bits per heavy atom. The molecule has 2 nitrogen and oxygen atoms in total. The highest BCUT2D eigenvalue weighted by Gasteiger charge is 2.38. The van der Waals surface area contributed by atoms with Crippen molar-refractivity contribution in [2.24, 2.45) is 0 Å². The second-order valence-electron chi connectivity index (χ2n) is 4.26. The van der Waals surface area contributed by atoms with Crippen molar-refractivity contribution < 1.29 is 9.47 Å². The minimum Gasteiger partial charge on any atom is -0.350 e. The second-order valence-corrected chi connectivity index (χ2v) is 4.26. The summed E-state index contributed by atoms with van der Waals surface area (Å²) < 4.78 is 11.9. The fraction of sp³-hybridized carbons (Fsp3) is 1.00. The molecule has 0 aromatic rings. The molecule has 0 aliphatic carbocycles. The molecule has 2 heteroatoms. The van der Waals surface area contributed by atoms with Crippen LogP contribution in [0.2, 0.25) is 0 Å². The average molecular weight is 184 g/mol. The molecule has 0 saturated carbocycles. The summed E-state index contributed by atoms with van der Waals surface area (Å²) in [5.74, 6) is -0.169. The van der Waals surface area contributed by atoms with Crippen molar-refractivity contribution in [3.63, 3.8) is 0 Å². The van der Waals surface area contributed by atoms with E-state index < -0.39 is 0 Å². The summed E-state index contributed by atoms with van der Waals surface area (Å²) in [5, 5.41) is 0. The van der Waals surface area contributed by atoms with E-state index in [-0.39, 0.29) is 5.79 Å². The number of rotatable bonds is 1. The molecule has 0 bridgehead atoms. The van der Waals surface area contributed by atoms with Crippen molar-refractivity contribution in [2.75, 3.05) is 6.61 Å². The van der Waals surface area contributed by atoms with Gasteiger partial charge in [0.25, 0.3) is 0 Å². The van der Waals surface area contributed by atoms with Crippen LogP contribution in [0.5, 0.6) is 0 Å². The molecule has 2 aliphatic heterocycles. The van der Waals surface area contributed by atoms with Crippen LogP contribution < -0.4 is 0 Å². The minimum atomic E-state index is -0.169. The molecule has 0 amide bonds. The van der Waals surface area contributed by atoms with Gasteiger partial charge < -0.3 is 9.47 Å². The van der Waals surface area contributed by atoms with Gasteiger partial charge >= 0.3 is 0 Å². The summed E-state index contributed by atoms with van der Waals surface area (Å²) in [5.41, 5.74) is 0. The van der Waals surface area contributed by atoms with Crippen molar-refractivity contribution >= 4 is 0 Å². The molecule has 0 aromatic heterocycles. The van der Waals surface area contributed by atoms with Crippen LogP contribution in [0.1, 0.15) is 51.9 Å². The number of hydrogen-bond acceptors (Lipinski definition) is 2. The molecule has 0 N–H and O–H groups in total. The van der Waals surface area contributed by atoms with E-state index in [1.165, 1.54) is 25.7 Å². The zero-order valence-electron chi connectivity index (χ0n) is 8.55. The molecule has 2 saturated heterocycles. The Morgan fingerprint density at radius 1 is 1.23 bits per heavy atom. The van der Waals surface area contributed by atoms with Gasteiger partial charge in [0, 0.05) is 12.8 Å². The maximum Gasteiger partial charge on any atom is 0.168 e. The van der Waals surface area contributed by atoms with E-state index in [1.54, 1.807) is 0 Å². The second kappa shape index (κ2) is 3.97. The fourth-order valence-electron chi connectivity index (χ4n) is 2.42. The Labute approximate surface area is 80.6 Å². The predicted octanol–water partition coefficient (Wildman–Crippen LogP) is 2.86. The van der Waals surface area contributed by atoms with Crippen LogP contribution in [0.25, 0.3) is 0 Å². The van der Waals surface area contributed by atoms with Gasteiger partial charge in [-0.25, -0.2) is 0 Å².